The molecule has 0 aromatic heterocycles. The van der Waals surface area contributed by atoms with E-state index in [4.69, 9.17) is 4.74 Å². The lowest BCUT2D eigenvalue weighted by Gasteiger charge is -2.16. The van der Waals surface area contributed by atoms with Gasteiger partial charge in [-0.1, -0.05) is 13.8 Å². The summed E-state index contributed by atoms with van der Waals surface area (Å²) in [7, 11) is 1.66. The van der Waals surface area contributed by atoms with Crippen molar-refractivity contribution in [1.82, 2.24) is 0 Å². The lowest BCUT2D eigenvalue weighted by Crippen LogP contribution is -2.14. The van der Waals surface area contributed by atoms with E-state index in [9.17, 15) is 4.79 Å². The van der Waals surface area contributed by atoms with Crippen LogP contribution in [0.1, 0.15) is 41.3 Å². The SMILES string of the molecule is COc1cc(C)c(C(=O)Nc2ccc(I)cc2)cc1C(C)C. The molecule has 0 fully saturated rings. The Morgan fingerprint density at radius 3 is 2.36 bits per heavy atom. The minimum absolute atomic E-state index is 0.0942. The molecular weight excluding hydrogens is 389 g/mol. The summed E-state index contributed by atoms with van der Waals surface area (Å²) in [4.78, 5) is 12.5. The van der Waals surface area contributed by atoms with Gasteiger partial charge in [-0.3, -0.25) is 4.79 Å². The quantitative estimate of drug-likeness (QED) is 0.724. The molecule has 0 radical (unpaired) electrons. The number of methoxy groups -OCH3 is 1. The van der Waals surface area contributed by atoms with Crippen LogP contribution < -0.4 is 10.1 Å². The van der Waals surface area contributed by atoms with Crippen molar-refractivity contribution in [2.24, 2.45) is 0 Å². The fraction of sp³-hybridized carbons (Fsp3) is 0.278. The summed E-state index contributed by atoms with van der Waals surface area (Å²) in [6.07, 6.45) is 0. The van der Waals surface area contributed by atoms with Crippen molar-refractivity contribution in [3.63, 3.8) is 0 Å². The highest BCUT2D eigenvalue weighted by Gasteiger charge is 2.16. The van der Waals surface area contributed by atoms with Crippen LogP contribution in [-0.2, 0) is 0 Å². The molecule has 0 spiro atoms. The zero-order valence-electron chi connectivity index (χ0n) is 13.2. The Morgan fingerprint density at radius 2 is 1.82 bits per heavy atom. The average Bonchev–Trinajstić information content (AvgIpc) is 2.48. The minimum atomic E-state index is -0.0942. The highest BCUT2D eigenvalue weighted by atomic mass is 127. The summed E-state index contributed by atoms with van der Waals surface area (Å²) in [5.41, 5.74) is 3.43. The van der Waals surface area contributed by atoms with Gasteiger partial charge in [0.15, 0.2) is 0 Å². The Bertz CT molecular complexity index is 678. The third-order valence-corrected chi connectivity index (χ3v) is 4.26. The van der Waals surface area contributed by atoms with Crippen LogP contribution >= 0.6 is 22.6 Å². The Hall–Kier alpha value is -1.56. The highest BCUT2D eigenvalue weighted by Crippen LogP contribution is 2.30. The molecule has 3 nitrogen and oxygen atoms in total. The molecule has 0 bridgehead atoms. The van der Waals surface area contributed by atoms with E-state index in [1.807, 2.05) is 43.3 Å². The first kappa shape index (κ1) is 16.8. The second-order valence-corrected chi connectivity index (χ2v) is 6.77. The zero-order chi connectivity index (χ0) is 16.3. The molecule has 0 aliphatic heterocycles. The lowest BCUT2D eigenvalue weighted by molar-refractivity contribution is 0.102. The summed E-state index contributed by atoms with van der Waals surface area (Å²) in [5, 5.41) is 2.95. The summed E-state index contributed by atoms with van der Waals surface area (Å²) < 4.78 is 6.56. The van der Waals surface area contributed by atoms with Crippen molar-refractivity contribution < 1.29 is 9.53 Å². The summed E-state index contributed by atoms with van der Waals surface area (Å²) >= 11 is 2.24. The third-order valence-electron chi connectivity index (χ3n) is 3.55. The molecule has 116 valence electrons. The van der Waals surface area contributed by atoms with Crippen LogP contribution in [0.15, 0.2) is 36.4 Å². The Balaban J connectivity index is 2.32. The van der Waals surface area contributed by atoms with Gasteiger partial charge in [-0.25, -0.2) is 0 Å². The molecule has 0 atom stereocenters. The van der Waals surface area contributed by atoms with Crippen molar-refractivity contribution in [3.8, 4) is 5.75 Å². The van der Waals surface area contributed by atoms with Gasteiger partial charge in [0, 0.05) is 14.8 Å². The number of benzene rings is 2. The molecule has 4 heteroatoms. The van der Waals surface area contributed by atoms with Gasteiger partial charge in [-0.2, -0.15) is 0 Å². The largest absolute Gasteiger partial charge is 0.496 e. The van der Waals surface area contributed by atoms with Gasteiger partial charge in [0.25, 0.3) is 5.91 Å². The maximum atomic E-state index is 12.5. The van der Waals surface area contributed by atoms with Gasteiger partial charge in [0.1, 0.15) is 5.75 Å². The van der Waals surface area contributed by atoms with Gasteiger partial charge >= 0.3 is 0 Å². The van der Waals surface area contributed by atoms with Gasteiger partial charge < -0.3 is 10.1 Å². The fourth-order valence-electron chi connectivity index (χ4n) is 2.30. The highest BCUT2D eigenvalue weighted by molar-refractivity contribution is 14.1. The second kappa shape index (κ2) is 7.13. The zero-order valence-corrected chi connectivity index (χ0v) is 15.4. The maximum absolute atomic E-state index is 12.5. The number of hydrogen-bond acceptors (Lipinski definition) is 2. The second-order valence-electron chi connectivity index (χ2n) is 5.52. The number of carbonyl (C=O) groups is 1. The molecule has 22 heavy (non-hydrogen) atoms. The first-order valence-electron chi connectivity index (χ1n) is 7.17. The fourth-order valence-corrected chi connectivity index (χ4v) is 2.66. The predicted octanol–water partition coefficient (Wildman–Crippen LogP) is 4.98. The number of hydrogen-bond donors (Lipinski definition) is 1. The van der Waals surface area contributed by atoms with Gasteiger partial charge in [-0.05, 0) is 83.0 Å². The topological polar surface area (TPSA) is 38.3 Å². The molecule has 2 aromatic carbocycles. The van der Waals surface area contributed by atoms with E-state index in [2.05, 4.69) is 41.8 Å². The van der Waals surface area contributed by atoms with E-state index in [-0.39, 0.29) is 5.91 Å². The molecule has 0 aliphatic carbocycles. The average molecular weight is 409 g/mol. The van der Waals surface area contributed by atoms with Crippen LogP contribution in [0.2, 0.25) is 0 Å². The molecule has 1 N–H and O–H groups in total. The van der Waals surface area contributed by atoms with Crippen molar-refractivity contribution in [1.29, 1.82) is 0 Å². The Kier molecular flexibility index (Phi) is 5.45. The monoisotopic (exact) mass is 409 g/mol. The van der Waals surface area contributed by atoms with Gasteiger partial charge in [-0.15, -0.1) is 0 Å². The minimum Gasteiger partial charge on any atom is -0.496 e. The van der Waals surface area contributed by atoms with E-state index in [0.717, 1.165) is 26.1 Å². The molecular formula is C18H20INO2. The van der Waals surface area contributed by atoms with Gasteiger partial charge in [0.05, 0.1) is 7.11 Å². The van der Waals surface area contributed by atoms with Crippen LogP contribution in [-0.4, -0.2) is 13.0 Å². The maximum Gasteiger partial charge on any atom is 0.255 e. The number of nitrogens with one attached hydrogen (secondary N) is 1. The van der Waals surface area contributed by atoms with E-state index in [1.165, 1.54) is 0 Å². The number of amides is 1. The van der Waals surface area contributed by atoms with Crippen LogP contribution in [0.4, 0.5) is 5.69 Å². The summed E-state index contributed by atoms with van der Waals surface area (Å²) in [6.45, 7) is 6.11. The Morgan fingerprint density at radius 1 is 1.18 bits per heavy atom. The number of anilines is 1. The van der Waals surface area contributed by atoms with Crippen molar-refractivity contribution in [3.05, 3.63) is 56.7 Å². The molecule has 0 unspecified atom stereocenters. The molecule has 2 aromatic rings. The third kappa shape index (κ3) is 3.80. The van der Waals surface area contributed by atoms with E-state index in [0.29, 0.717) is 11.5 Å². The Labute approximate surface area is 145 Å². The number of carbonyl (C=O) groups excluding carboxylic acids is 1. The van der Waals surface area contributed by atoms with Crippen LogP contribution in [0.25, 0.3) is 0 Å². The van der Waals surface area contributed by atoms with E-state index in [1.54, 1.807) is 7.11 Å². The normalized spacial score (nSPS) is 10.6. The molecule has 0 aliphatic rings. The number of aryl methyl sites for hydroxylation is 1. The van der Waals surface area contributed by atoms with Crippen LogP contribution in [0, 0.1) is 10.5 Å². The summed E-state index contributed by atoms with van der Waals surface area (Å²) in [5.74, 6) is 1.03. The number of rotatable bonds is 4. The number of ether oxygens (including phenoxy) is 1. The molecule has 0 saturated carbocycles. The number of halogens is 1. The first-order valence-corrected chi connectivity index (χ1v) is 8.25. The smallest absolute Gasteiger partial charge is 0.255 e. The van der Waals surface area contributed by atoms with Crippen molar-refractivity contribution in [2.45, 2.75) is 26.7 Å². The van der Waals surface area contributed by atoms with E-state index < -0.39 is 0 Å². The van der Waals surface area contributed by atoms with Crippen LogP contribution in [0.5, 0.6) is 5.75 Å². The summed E-state index contributed by atoms with van der Waals surface area (Å²) in [6, 6.07) is 11.6. The first-order chi connectivity index (χ1) is 10.4. The lowest BCUT2D eigenvalue weighted by atomic mass is 9.96. The van der Waals surface area contributed by atoms with Gasteiger partial charge in [0.2, 0.25) is 0 Å². The van der Waals surface area contributed by atoms with Crippen molar-refractivity contribution >= 4 is 34.2 Å². The standard InChI is InChI=1S/C18H20INO2/c1-11(2)15-10-16(12(3)9-17(15)22-4)18(21)20-14-7-5-13(19)6-8-14/h5-11H,1-4H3,(H,20,21). The molecule has 1 amide bonds. The van der Waals surface area contributed by atoms with Crippen molar-refractivity contribution in [2.75, 3.05) is 12.4 Å². The van der Waals surface area contributed by atoms with E-state index >= 15 is 0 Å². The molecule has 0 saturated heterocycles. The predicted molar refractivity (Wildman–Crippen MR) is 98.9 cm³/mol. The van der Waals surface area contributed by atoms with Crippen LogP contribution in [0.3, 0.4) is 0 Å². The molecule has 0 heterocycles. The molecule has 2 rings (SSSR count).